The summed E-state index contributed by atoms with van der Waals surface area (Å²) in [6, 6.07) is 0. The van der Waals surface area contributed by atoms with E-state index in [9.17, 15) is 22.8 Å². The van der Waals surface area contributed by atoms with E-state index in [0.717, 1.165) is 18.2 Å². The quantitative estimate of drug-likeness (QED) is 0.307. The van der Waals surface area contributed by atoms with Gasteiger partial charge < -0.3 is 9.64 Å². The topological polar surface area (TPSA) is 46.6 Å². The summed E-state index contributed by atoms with van der Waals surface area (Å²) in [5.41, 5.74) is -1.05. The highest BCUT2D eigenvalue weighted by Gasteiger charge is 2.43. The van der Waals surface area contributed by atoms with Crippen LogP contribution in [0.15, 0.2) is 11.8 Å². The number of ether oxygens (including phenoxy) is 1. The van der Waals surface area contributed by atoms with Gasteiger partial charge in [-0.3, -0.25) is 4.79 Å². The fraction of sp³-hybridized carbons (Fsp3) is 0.500. The van der Waals surface area contributed by atoms with E-state index in [0.29, 0.717) is 0 Å². The predicted molar refractivity (Wildman–Crippen MR) is 44.8 cm³/mol. The molecule has 0 N–H and O–H groups in total. The molecular weight excluding hydrogens is 215 g/mol. The van der Waals surface area contributed by atoms with Crippen molar-refractivity contribution in [3.8, 4) is 0 Å². The summed E-state index contributed by atoms with van der Waals surface area (Å²) < 4.78 is 40.2. The van der Waals surface area contributed by atoms with Gasteiger partial charge in [0.25, 0.3) is 5.78 Å². The molecule has 0 aliphatic rings. The van der Waals surface area contributed by atoms with Crippen LogP contribution in [0.1, 0.15) is 0 Å². The van der Waals surface area contributed by atoms with Crippen LogP contribution in [0.5, 0.6) is 0 Å². The van der Waals surface area contributed by atoms with Gasteiger partial charge in [0.1, 0.15) is 5.57 Å². The van der Waals surface area contributed by atoms with E-state index in [-0.39, 0.29) is 0 Å². The maximum Gasteiger partial charge on any atom is 0.455 e. The maximum atomic E-state index is 12.0. The molecular formula is C8H10F3NO3. The highest BCUT2D eigenvalue weighted by molar-refractivity contribution is 6.19. The van der Waals surface area contributed by atoms with Crippen LogP contribution in [0.4, 0.5) is 13.2 Å². The third-order valence-corrected chi connectivity index (χ3v) is 1.29. The predicted octanol–water partition coefficient (Wildman–Crippen LogP) is 0.736. The molecule has 0 saturated heterocycles. The third kappa shape index (κ3) is 4.01. The van der Waals surface area contributed by atoms with Crippen LogP contribution >= 0.6 is 0 Å². The Bertz CT molecular complexity index is 294. The SMILES string of the molecule is COC(=O)C(=CN(C)C)C(=O)C(F)(F)F. The molecule has 0 atom stereocenters. The zero-order chi connectivity index (χ0) is 12.2. The second-order valence-corrected chi connectivity index (χ2v) is 2.82. The summed E-state index contributed by atoms with van der Waals surface area (Å²) in [4.78, 5) is 22.8. The molecule has 15 heavy (non-hydrogen) atoms. The summed E-state index contributed by atoms with van der Waals surface area (Å²) in [6.07, 6.45) is -4.32. The van der Waals surface area contributed by atoms with E-state index in [1.54, 1.807) is 0 Å². The average molecular weight is 225 g/mol. The van der Waals surface area contributed by atoms with Crippen LogP contribution in [0, 0.1) is 0 Å². The smallest absolute Gasteiger partial charge is 0.455 e. The first kappa shape index (κ1) is 13.5. The summed E-state index contributed by atoms with van der Waals surface area (Å²) >= 11 is 0. The number of methoxy groups -OCH3 is 1. The standard InChI is InChI=1S/C8H10F3NO3/c1-12(2)4-5(7(14)15-3)6(13)8(9,10)11/h4H,1-3H3. The van der Waals surface area contributed by atoms with Crippen molar-refractivity contribution in [3.63, 3.8) is 0 Å². The molecule has 0 heterocycles. The molecule has 0 spiro atoms. The Morgan fingerprint density at radius 3 is 2.00 bits per heavy atom. The number of hydrogen-bond acceptors (Lipinski definition) is 4. The van der Waals surface area contributed by atoms with E-state index < -0.39 is 23.5 Å². The van der Waals surface area contributed by atoms with Gasteiger partial charge in [0, 0.05) is 20.3 Å². The van der Waals surface area contributed by atoms with Gasteiger partial charge in [-0.15, -0.1) is 0 Å². The minimum absolute atomic E-state index is 0.766. The van der Waals surface area contributed by atoms with Gasteiger partial charge in [-0.25, -0.2) is 4.79 Å². The van der Waals surface area contributed by atoms with Gasteiger partial charge in [-0.05, 0) is 0 Å². The van der Waals surface area contributed by atoms with Gasteiger partial charge >= 0.3 is 12.1 Å². The number of alkyl halides is 3. The number of carbonyl (C=O) groups is 2. The molecule has 0 aromatic carbocycles. The van der Waals surface area contributed by atoms with Crippen molar-refractivity contribution >= 4 is 11.8 Å². The van der Waals surface area contributed by atoms with Crippen LogP contribution < -0.4 is 0 Å². The monoisotopic (exact) mass is 225 g/mol. The lowest BCUT2D eigenvalue weighted by Crippen LogP contribution is -2.30. The van der Waals surface area contributed by atoms with Gasteiger partial charge in [-0.2, -0.15) is 13.2 Å². The summed E-state index contributed by atoms with van der Waals surface area (Å²) in [6.45, 7) is 0. The summed E-state index contributed by atoms with van der Waals surface area (Å²) in [7, 11) is 3.66. The summed E-state index contributed by atoms with van der Waals surface area (Å²) in [5, 5.41) is 0. The highest BCUT2D eigenvalue weighted by Crippen LogP contribution is 2.21. The minimum atomic E-state index is -5.09. The zero-order valence-corrected chi connectivity index (χ0v) is 8.38. The first-order chi connectivity index (χ1) is 6.70. The molecule has 0 unspecified atom stereocenters. The average Bonchev–Trinajstić information content (AvgIpc) is 2.10. The van der Waals surface area contributed by atoms with Gasteiger partial charge in [0.2, 0.25) is 0 Å². The van der Waals surface area contributed by atoms with Crippen LogP contribution in [0.25, 0.3) is 0 Å². The Balaban J connectivity index is 5.14. The van der Waals surface area contributed by atoms with Crippen LogP contribution in [-0.2, 0) is 14.3 Å². The fourth-order valence-electron chi connectivity index (χ4n) is 0.725. The Labute approximate surface area is 84.3 Å². The molecule has 0 bridgehead atoms. The van der Waals surface area contributed by atoms with Crippen molar-refractivity contribution in [1.82, 2.24) is 4.90 Å². The van der Waals surface area contributed by atoms with Gasteiger partial charge in [-0.1, -0.05) is 0 Å². The molecule has 0 fully saturated rings. The molecule has 0 saturated carbocycles. The molecule has 4 nitrogen and oxygen atoms in total. The van der Waals surface area contributed by atoms with Gasteiger partial charge in [0.05, 0.1) is 7.11 Å². The Hall–Kier alpha value is -1.53. The second kappa shape index (κ2) is 4.81. The molecule has 0 aliphatic carbocycles. The number of carbonyl (C=O) groups excluding carboxylic acids is 2. The van der Waals surface area contributed by atoms with Crippen molar-refractivity contribution in [3.05, 3.63) is 11.8 Å². The molecule has 0 rings (SSSR count). The van der Waals surface area contributed by atoms with Crippen LogP contribution in [0.2, 0.25) is 0 Å². The van der Waals surface area contributed by atoms with E-state index in [4.69, 9.17) is 0 Å². The van der Waals surface area contributed by atoms with E-state index in [2.05, 4.69) is 4.74 Å². The number of halogens is 3. The molecule has 7 heteroatoms. The number of nitrogens with zero attached hydrogens (tertiary/aromatic N) is 1. The zero-order valence-electron chi connectivity index (χ0n) is 8.38. The maximum absolute atomic E-state index is 12.0. The third-order valence-electron chi connectivity index (χ3n) is 1.29. The number of hydrogen-bond donors (Lipinski definition) is 0. The van der Waals surface area contributed by atoms with Crippen molar-refractivity contribution < 1.29 is 27.5 Å². The highest BCUT2D eigenvalue weighted by atomic mass is 19.4. The van der Waals surface area contributed by atoms with Crippen LogP contribution in [-0.4, -0.2) is 44.0 Å². The lowest BCUT2D eigenvalue weighted by molar-refractivity contribution is -0.168. The largest absolute Gasteiger partial charge is 0.465 e. The Kier molecular flexibility index (Phi) is 4.32. The van der Waals surface area contributed by atoms with Crippen LogP contribution in [0.3, 0.4) is 0 Å². The van der Waals surface area contributed by atoms with E-state index in [1.807, 2.05) is 0 Å². The number of ketones is 1. The lowest BCUT2D eigenvalue weighted by atomic mass is 10.2. The fourth-order valence-corrected chi connectivity index (χ4v) is 0.725. The summed E-state index contributed by atoms with van der Waals surface area (Å²) in [5.74, 6) is -3.53. The molecule has 0 radical (unpaired) electrons. The van der Waals surface area contributed by atoms with E-state index >= 15 is 0 Å². The molecule has 0 aromatic heterocycles. The molecule has 0 aliphatic heterocycles. The molecule has 0 aromatic rings. The van der Waals surface area contributed by atoms with E-state index in [1.165, 1.54) is 14.1 Å². The number of Topliss-reactive ketones (excluding diaryl/α,β-unsaturated/α-hetero) is 1. The lowest BCUT2D eigenvalue weighted by Gasteiger charge is -2.11. The minimum Gasteiger partial charge on any atom is -0.465 e. The first-order valence-corrected chi connectivity index (χ1v) is 3.78. The van der Waals surface area contributed by atoms with Crippen molar-refractivity contribution in [1.29, 1.82) is 0 Å². The Morgan fingerprint density at radius 2 is 1.73 bits per heavy atom. The Morgan fingerprint density at radius 1 is 1.27 bits per heavy atom. The second-order valence-electron chi connectivity index (χ2n) is 2.82. The molecule has 0 amide bonds. The van der Waals surface area contributed by atoms with Crippen molar-refractivity contribution in [2.45, 2.75) is 6.18 Å². The normalized spacial score (nSPS) is 12.3. The molecule has 86 valence electrons. The van der Waals surface area contributed by atoms with Gasteiger partial charge in [0.15, 0.2) is 0 Å². The van der Waals surface area contributed by atoms with Crippen molar-refractivity contribution in [2.24, 2.45) is 0 Å². The van der Waals surface area contributed by atoms with Crippen molar-refractivity contribution in [2.75, 3.05) is 21.2 Å². The first-order valence-electron chi connectivity index (χ1n) is 3.78. The number of esters is 1. The number of rotatable bonds is 3.